The summed E-state index contributed by atoms with van der Waals surface area (Å²) in [5.41, 5.74) is 0.155. The number of guanidine groups is 1. The first-order valence-electron chi connectivity index (χ1n) is 8.99. The van der Waals surface area contributed by atoms with Crippen molar-refractivity contribution in [3.8, 4) is 5.75 Å². The Labute approximate surface area is 193 Å². The number of methoxy groups -OCH3 is 1. The van der Waals surface area contributed by atoms with Crippen LogP contribution in [0.25, 0.3) is 10.8 Å². The van der Waals surface area contributed by atoms with Gasteiger partial charge < -0.3 is 15.4 Å². The van der Waals surface area contributed by atoms with Crippen LogP contribution in [0.5, 0.6) is 5.75 Å². The first kappa shape index (κ1) is 24.2. The third-order valence-corrected chi connectivity index (χ3v) is 4.97. The topological polar surface area (TPSA) is 58.5 Å². The van der Waals surface area contributed by atoms with Crippen LogP contribution in [0, 0.1) is 0 Å². The number of benzene rings is 2. The molecule has 162 valence electrons. The summed E-state index contributed by atoms with van der Waals surface area (Å²) in [6.07, 6.45) is -4.42. The molecule has 2 aromatic carbocycles. The number of nitrogens with zero attached hydrogens (tertiary/aromatic N) is 2. The maximum absolute atomic E-state index is 12.7. The van der Waals surface area contributed by atoms with E-state index >= 15 is 0 Å². The van der Waals surface area contributed by atoms with Crippen LogP contribution >= 0.6 is 35.3 Å². The fourth-order valence-corrected chi connectivity index (χ4v) is 3.43. The number of hydrogen-bond acceptors (Lipinski definition) is 4. The Morgan fingerprint density at radius 1 is 1.13 bits per heavy atom. The molecule has 0 aliphatic rings. The molecule has 1 heterocycles. The number of rotatable bonds is 6. The summed E-state index contributed by atoms with van der Waals surface area (Å²) < 4.78 is 43.2. The average Bonchev–Trinajstić information content (AvgIpc) is 3.19. The van der Waals surface area contributed by atoms with Gasteiger partial charge in [0.25, 0.3) is 0 Å². The largest absolute Gasteiger partial charge is 0.497 e. The van der Waals surface area contributed by atoms with E-state index in [4.69, 9.17) is 4.74 Å². The van der Waals surface area contributed by atoms with Crippen molar-refractivity contribution in [1.29, 1.82) is 0 Å². The normalized spacial score (nSPS) is 11.8. The number of thiazole rings is 1. The quantitative estimate of drug-likeness (QED) is 0.252. The number of halogens is 4. The smallest absolute Gasteiger partial charge is 0.434 e. The van der Waals surface area contributed by atoms with E-state index in [9.17, 15) is 13.2 Å². The predicted molar refractivity (Wildman–Crippen MR) is 125 cm³/mol. The van der Waals surface area contributed by atoms with Gasteiger partial charge in [-0.3, -0.25) is 0 Å². The Morgan fingerprint density at radius 2 is 1.87 bits per heavy atom. The standard InChI is InChI=1S/C20H21F3N4OS.HI/c1-3-24-19(26-11-18-27-17(12-29-18)20(21,22)23)25-10-13-4-5-15-9-16(28-2)7-6-14(15)8-13;/h4-9,12H,3,10-11H2,1-2H3,(H2,24,25,26);1H. The second-order valence-corrected chi connectivity index (χ2v) is 7.16. The molecule has 2 N–H and O–H groups in total. The van der Waals surface area contributed by atoms with E-state index < -0.39 is 11.9 Å². The Hall–Kier alpha value is -2.08. The second-order valence-electron chi connectivity index (χ2n) is 6.22. The summed E-state index contributed by atoms with van der Waals surface area (Å²) >= 11 is 0.969. The monoisotopic (exact) mass is 550 g/mol. The van der Waals surface area contributed by atoms with Gasteiger partial charge in [0.1, 0.15) is 10.8 Å². The van der Waals surface area contributed by atoms with Crippen LogP contribution in [-0.2, 0) is 19.3 Å². The van der Waals surface area contributed by atoms with Gasteiger partial charge in [-0.25, -0.2) is 9.98 Å². The van der Waals surface area contributed by atoms with Gasteiger partial charge in [-0.2, -0.15) is 13.2 Å². The van der Waals surface area contributed by atoms with E-state index in [0.717, 1.165) is 38.8 Å². The molecule has 0 saturated heterocycles. The molecule has 1 aromatic heterocycles. The fourth-order valence-electron chi connectivity index (χ4n) is 2.69. The third-order valence-electron chi connectivity index (χ3n) is 4.13. The van der Waals surface area contributed by atoms with Crippen LogP contribution in [0.1, 0.15) is 23.2 Å². The molecular weight excluding hydrogens is 528 g/mol. The molecule has 3 rings (SSSR count). The summed E-state index contributed by atoms with van der Waals surface area (Å²) in [5.74, 6) is 1.32. The molecule has 30 heavy (non-hydrogen) atoms. The number of nitrogens with one attached hydrogen (secondary N) is 2. The molecule has 0 aliphatic heterocycles. The van der Waals surface area contributed by atoms with Gasteiger partial charge in [0.2, 0.25) is 0 Å². The lowest BCUT2D eigenvalue weighted by molar-refractivity contribution is -0.140. The van der Waals surface area contributed by atoms with Gasteiger partial charge in [-0.15, -0.1) is 35.3 Å². The van der Waals surface area contributed by atoms with E-state index in [1.54, 1.807) is 7.11 Å². The molecule has 0 unspecified atom stereocenters. The molecule has 3 aromatic rings. The first-order chi connectivity index (χ1) is 13.9. The van der Waals surface area contributed by atoms with E-state index in [1.807, 2.05) is 37.3 Å². The zero-order chi connectivity index (χ0) is 20.9. The van der Waals surface area contributed by atoms with E-state index in [0.29, 0.717) is 24.1 Å². The SMILES string of the molecule is CCNC(=NCc1ccc2cc(OC)ccc2c1)NCc1nc(C(F)(F)F)cs1.I. The number of hydrogen-bond donors (Lipinski definition) is 2. The zero-order valence-corrected chi connectivity index (χ0v) is 19.6. The molecule has 0 radical (unpaired) electrons. The minimum absolute atomic E-state index is 0. The number of aliphatic imine (C=N–C) groups is 1. The maximum Gasteiger partial charge on any atom is 0.434 e. The van der Waals surface area contributed by atoms with Gasteiger partial charge in [-0.1, -0.05) is 18.2 Å². The lowest BCUT2D eigenvalue weighted by Gasteiger charge is -2.10. The van der Waals surface area contributed by atoms with Crippen LogP contribution in [0.4, 0.5) is 13.2 Å². The Morgan fingerprint density at radius 3 is 2.53 bits per heavy atom. The van der Waals surface area contributed by atoms with Crippen molar-refractivity contribution in [3.63, 3.8) is 0 Å². The maximum atomic E-state index is 12.7. The first-order valence-corrected chi connectivity index (χ1v) is 9.87. The van der Waals surface area contributed by atoms with Gasteiger partial charge >= 0.3 is 6.18 Å². The van der Waals surface area contributed by atoms with Crippen molar-refractivity contribution in [3.05, 3.63) is 58.0 Å². The summed E-state index contributed by atoms with van der Waals surface area (Å²) in [6, 6.07) is 11.9. The lowest BCUT2D eigenvalue weighted by atomic mass is 10.1. The molecular formula is C20H22F3IN4OS. The van der Waals surface area contributed by atoms with Crippen LogP contribution in [0.3, 0.4) is 0 Å². The van der Waals surface area contributed by atoms with Crippen LogP contribution in [0.2, 0.25) is 0 Å². The molecule has 5 nitrogen and oxygen atoms in total. The van der Waals surface area contributed by atoms with Gasteiger partial charge in [0.05, 0.1) is 20.2 Å². The minimum atomic E-state index is -4.42. The molecule has 0 atom stereocenters. The lowest BCUT2D eigenvalue weighted by Crippen LogP contribution is -2.36. The van der Waals surface area contributed by atoms with Crippen LogP contribution < -0.4 is 15.4 Å². The third kappa shape index (κ3) is 6.46. The number of fused-ring (bicyclic) bond motifs is 1. The van der Waals surface area contributed by atoms with E-state index in [-0.39, 0.29) is 30.5 Å². The predicted octanol–water partition coefficient (Wildman–Crippen LogP) is 5.20. The van der Waals surface area contributed by atoms with Crippen molar-refractivity contribution in [2.75, 3.05) is 13.7 Å². The van der Waals surface area contributed by atoms with Crippen molar-refractivity contribution in [1.82, 2.24) is 15.6 Å². The second kappa shape index (κ2) is 10.8. The highest BCUT2D eigenvalue weighted by Crippen LogP contribution is 2.30. The highest BCUT2D eigenvalue weighted by Gasteiger charge is 2.33. The summed E-state index contributed by atoms with van der Waals surface area (Å²) in [4.78, 5) is 8.14. The van der Waals surface area contributed by atoms with Gasteiger partial charge in [-0.05, 0) is 41.5 Å². The zero-order valence-electron chi connectivity index (χ0n) is 16.4. The Kier molecular flexibility index (Phi) is 8.71. The number of alkyl halides is 3. The molecule has 0 spiro atoms. The number of aromatic nitrogens is 1. The number of ether oxygens (including phenoxy) is 1. The highest BCUT2D eigenvalue weighted by atomic mass is 127. The van der Waals surface area contributed by atoms with Gasteiger partial charge in [0.15, 0.2) is 11.7 Å². The molecule has 0 amide bonds. The minimum Gasteiger partial charge on any atom is -0.497 e. The summed E-state index contributed by atoms with van der Waals surface area (Å²) in [7, 11) is 1.63. The van der Waals surface area contributed by atoms with Crippen molar-refractivity contribution >= 4 is 52.0 Å². The van der Waals surface area contributed by atoms with E-state index in [2.05, 4.69) is 26.7 Å². The summed E-state index contributed by atoms with van der Waals surface area (Å²) in [5, 5.41) is 9.64. The average molecular weight is 550 g/mol. The van der Waals surface area contributed by atoms with Crippen LogP contribution in [0.15, 0.2) is 46.8 Å². The van der Waals surface area contributed by atoms with Gasteiger partial charge in [0, 0.05) is 11.9 Å². The van der Waals surface area contributed by atoms with Crippen LogP contribution in [-0.4, -0.2) is 24.6 Å². The molecule has 0 aliphatic carbocycles. The molecule has 0 fully saturated rings. The molecule has 10 heteroatoms. The Bertz CT molecular complexity index is 1010. The van der Waals surface area contributed by atoms with E-state index in [1.165, 1.54) is 0 Å². The summed E-state index contributed by atoms with van der Waals surface area (Å²) in [6.45, 7) is 3.16. The Balaban J connectivity index is 0.00000320. The fraction of sp³-hybridized carbons (Fsp3) is 0.300. The molecule has 0 saturated carbocycles. The van der Waals surface area contributed by atoms with Crippen molar-refractivity contribution < 1.29 is 17.9 Å². The molecule has 0 bridgehead atoms. The van der Waals surface area contributed by atoms with Crippen molar-refractivity contribution in [2.45, 2.75) is 26.2 Å². The van der Waals surface area contributed by atoms with Crippen molar-refractivity contribution in [2.24, 2.45) is 4.99 Å². The highest BCUT2D eigenvalue weighted by molar-refractivity contribution is 14.0.